The van der Waals surface area contributed by atoms with Crippen molar-refractivity contribution in [1.29, 1.82) is 0 Å². The third kappa shape index (κ3) is 1.26. The van der Waals surface area contributed by atoms with E-state index in [4.69, 9.17) is 0 Å². The van der Waals surface area contributed by atoms with Crippen molar-refractivity contribution in [2.24, 2.45) is 0 Å². The summed E-state index contributed by atoms with van der Waals surface area (Å²) in [6.45, 7) is 1.95. The number of aryl methyl sites for hydroxylation is 2. The van der Waals surface area contributed by atoms with Crippen LogP contribution in [-0.2, 0) is 12.8 Å². The predicted molar refractivity (Wildman–Crippen MR) is 48.4 cm³/mol. The third-order valence-corrected chi connectivity index (χ3v) is 2.55. The Bertz CT molecular complexity index is 369. The Morgan fingerprint density at radius 3 is 2.85 bits per heavy atom. The summed E-state index contributed by atoms with van der Waals surface area (Å²) in [5.74, 6) is -0.0443. The van der Waals surface area contributed by atoms with Crippen LogP contribution in [-0.4, -0.2) is 5.78 Å². The maximum atomic E-state index is 13.0. The van der Waals surface area contributed by atoms with Crippen LogP contribution < -0.4 is 0 Å². The first-order valence-electron chi connectivity index (χ1n) is 4.57. The van der Waals surface area contributed by atoms with Gasteiger partial charge in [-0.3, -0.25) is 4.79 Å². The lowest BCUT2D eigenvalue weighted by molar-refractivity contribution is 0.0994. The van der Waals surface area contributed by atoms with Gasteiger partial charge in [-0.1, -0.05) is 6.92 Å². The van der Waals surface area contributed by atoms with Crippen molar-refractivity contribution in [3.63, 3.8) is 0 Å². The normalized spacial score (nSPS) is 14.8. The molecule has 13 heavy (non-hydrogen) atoms. The van der Waals surface area contributed by atoms with Crippen molar-refractivity contribution in [3.8, 4) is 0 Å². The molecule has 0 amide bonds. The van der Waals surface area contributed by atoms with Crippen molar-refractivity contribution in [2.75, 3.05) is 0 Å². The van der Waals surface area contributed by atoms with Crippen molar-refractivity contribution < 1.29 is 9.18 Å². The summed E-state index contributed by atoms with van der Waals surface area (Å²) in [6.07, 6.45) is 1.98. The zero-order valence-electron chi connectivity index (χ0n) is 7.56. The Morgan fingerprint density at radius 2 is 2.15 bits per heavy atom. The summed E-state index contributed by atoms with van der Waals surface area (Å²) in [4.78, 5) is 11.4. The molecule has 0 unspecified atom stereocenters. The van der Waals surface area contributed by atoms with E-state index in [9.17, 15) is 9.18 Å². The molecule has 2 heteroatoms. The summed E-state index contributed by atoms with van der Waals surface area (Å²) in [5.41, 5.74) is 2.53. The first kappa shape index (κ1) is 8.42. The molecular weight excluding hydrogens is 167 g/mol. The Hall–Kier alpha value is -1.18. The van der Waals surface area contributed by atoms with Crippen molar-refractivity contribution in [3.05, 3.63) is 34.6 Å². The number of hydrogen-bond acceptors (Lipinski definition) is 1. The number of carbonyl (C=O) groups is 1. The molecule has 0 radical (unpaired) electrons. The molecule has 1 aromatic carbocycles. The smallest absolute Gasteiger partial charge is 0.163 e. The maximum Gasteiger partial charge on any atom is 0.163 e. The molecule has 0 saturated heterocycles. The second-order valence-corrected chi connectivity index (χ2v) is 3.38. The molecule has 0 N–H and O–H groups in total. The predicted octanol–water partition coefficient (Wildman–Crippen LogP) is 2.52. The van der Waals surface area contributed by atoms with Crippen LogP contribution in [0.2, 0.25) is 0 Å². The second-order valence-electron chi connectivity index (χ2n) is 3.38. The third-order valence-electron chi connectivity index (χ3n) is 2.55. The van der Waals surface area contributed by atoms with Gasteiger partial charge in [-0.05, 0) is 36.1 Å². The highest BCUT2D eigenvalue weighted by Gasteiger charge is 2.22. The number of ketones is 1. The topological polar surface area (TPSA) is 17.1 Å². The van der Waals surface area contributed by atoms with Gasteiger partial charge in [-0.25, -0.2) is 4.39 Å². The van der Waals surface area contributed by atoms with E-state index in [0.717, 1.165) is 23.1 Å². The van der Waals surface area contributed by atoms with Gasteiger partial charge >= 0.3 is 0 Å². The zero-order valence-corrected chi connectivity index (χ0v) is 7.56. The summed E-state index contributed by atoms with van der Waals surface area (Å²) >= 11 is 0. The summed E-state index contributed by atoms with van der Waals surface area (Å²) < 4.78 is 13.0. The van der Waals surface area contributed by atoms with E-state index in [1.54, 1.807) is 0 Å². The van der Waals surface area contributed by atoms with Crippen LogP contribution in [0.3, 0.4) is 0 Å². The van der Waals surface area contributed by atoms with Gasteiger partial charge in [0.1, 0.15) is 5.82 Å². The molecule has 0 atom stereocenters. The Balaban J connectivity index is 2.64. The quantitative estimate of drug-likeness (QED) is 0.645. The molecule has 68 valence electrons. The minimum Gasteiger partial charge on any atom is -0.294 e. The lowest BCUT2D eigenvalue weighted by atomic mass is 10.0. The Morgan fingerprint density at radius 1 is 1.38 bits per heavy atom. The molecule has 1 aromatic rings. The summed E-state index contributed by atoms with van der Waals surface area (Å²) in [6, 6.07) is 2.96. The SMILES string of the molecule is CCc1cc(F)cc2c1C(=O)CC2. The molecule has 0 spiro atoms. The van der Waals surface area contributed by atoms with Gasteiger partial charge in [0.05, 0.1) is 0 Å². The fraction of sp³-hybridized carbons (Fsp3) is 0.364. The van der Waals surface area contributed by atoms with Crippen molar-refractivity contribution in [2.45, 2.75) is 26.2 Å². The minimum absolute atomic E-state index is 0.173. The van der Waals surface area contributed by atoms with Crippen LogP contribution in [0.5, 0.6) is 0 Å². The molecular formula is C11H11FO. The van der Waals surface area contributed by atoms with Gasteiger partial charge in [0.15, 0.2) is 5.78 Å². The average molecular weight is 178 g/mol. The highest BCUT2D eigenvalue weighted by molar-refractivity contribution is 6.01. The first-order chi connectivity index (χ1) is 6.22. The van der Waals surface area contributed by atoms with Gasteiger partial charge in [0.25, 0.3) is 0 Å². The van der Waals surface area contributed by atoms with E-state index >= 15 is 0 Å². The van der Waals surface area contributed by atoms with Gasteiger partial charge in [0.2, 0.25) is 0 Å². The number of benzene rings is 1. The van der Waals surface area contributed by atoms with E-state index in [-0.39, 0.29) is 11.6 Å². The fourth-order valence-corrected chi connectivity index (χ4v) is 1.93. The first-order valence-corrected chi connectivity index (χ1v) is 4.57. The lowest BCUT2D eigenvalue weighted by Gasteiger charge is -2.04. The number of hydrogen-bond donors (Lipinski definition) is 0. The van der Waals surface area contributed by atoms with Crippen LogP contribution >= 0.6 is 0 Å². The van der Waals surface area contributed by atoms with Crippen LogP contribution in [0.25, 0.3) is 0 Å². The molecule has 0 saturated carbocycles. The van der Waals surface area contributed by atoms with Gasteiger partial charge in [0, 0.05) is 12.0 Å². The van der Waals surface area contributed by atoms with Crippen LogP contribution in [0.4, 0.5) is 4.39 Å². The van der Waals surface area contributed by atoms with Crippen LogP contribution in [0.1, 0.15) is 34.8 Å². The highest BCUT2D eigenvalue weighted by atomic mass is 19.1. The number of rotatable bonds is 1. The Kier molecular flexibility index (Phi) is 1.91. The molecule has 1 aliphatic rings. The van der Waals surface area contributed by atoms with Crippen LogP contribution in [0.15, 0.2) is 12.1 Å². The summed E-state index contributed by atoms with van der Waals surface area (Å²) in [7, 11) is 0. The molecule has 2 rings (SSSR count). The maximum absolute atomic E-state index is 13.0. The van der Waals surface area contributed by atoms with Gasteiger partial charge in [-0.2, -0.15) is 0 Å². The molecule has 1 nitrogen and oxygen atoms in total. The monoisotopic (exact) mass is 178 g/mol. The number of Topliss-reactive ketones (excluding diaryl/α,β-unsaturated/α-hetero) is 1. The molecule has 0 aliphatic heterocycles. The fourth-order valence-electron chi connectivity index (χ4n) is 1.93. The van der Waals surface area contributed by atoms with E-state index in [2.05, 4.69) is 0 Å². The molecule has 0 heterocycles. The van der Waals surface area contributed by atoms with E-state index < -0.39 is 0 Å². The Labute approximate surface area is 76.6 Å². The molecule has 0 fully saturated rings. The largest absolute Gasteiger partial charge is 0.294 e. The van der Waals surface area contributed by atoms with E-state index in [1.807, 2.05) is 6.92 Å². The highest BCUT2D eigenvalue weighted by Crippen LogP contribution is 2.26. The standard InChI is InChI=1S/C11H11FO/c1-2-7-5-9(12)6-8-3-4-10(13)11(7)8/h5-6H,2-4H2,1H3. The number of carbonyl (C=O) groups excluding carboxylic acids is 1. The molecule has 0 bridgehead atoms. The van der Waals surface area contributed by atoms with E-state index in [0.29, 0.717) is 12.8 Å². The number of fused-ring (bicyclic) bond motifs is 1. The number of halogens is 1. The van der Waals surface area contributed by atoms with E-state index in [1.165, 1.54) is 12.1 Å². The van der Waals surface area contributed by atoms with Crippen molar-refractivity contribution >= 4 is 5.78 Å². The minimum atomic E-state index is -0.217. The second kappa shape index (κ2) is 2.95. The van der Waals surface area contributed by atoms with Gasteiger partial charge < -0.3 is 0 Å². The molecule has 0 aromatic heterocycles. The van der Waals surface area contributed by atoms with Gasteiger partial charge in [-0.15, -0.1) is 0 Å². The molecule has 1 aliphatic carbocycles. The zero-order chi connectivity index (χ0) is 9.42. The average Bonchev–Trinajstić information content (AvgIpc) is 2.46. The summed E-state index contributed by atoms with van der Waals surface area (Å²) in [5, 5.41) is 0. The van der Waals surface area contributed by atoms with Crippen LogP contribution in [0, 0.1) is 5.82 Å². The van der Waals surface area contributed by atoms with Crippen molar-refractivity contribution in [1.82, 2.24) is 0 Å². The lowest BCUT2D eigenvalue weighted by Crippen LogP contribution is -1.99.